The molecule has 0 saturated carbocycles. The van der Waals surface area contributed by atoms with Gasteiger partial charge in [0.1, 0.15) is 0 Å². The third-order valence-electron chi connectivity index (χ3n) is 3.42. The Kier molecular flexibility index (Phi) is 4.92. The first kappa shape index (κ1) is 17.5. The van der Waals surface area contributed by atoms with Crippen LogP contribution in [0.3, 0.4) is 0 Å². The van der Waals surface area contributed by atoms with Gasteiger partial charge in [-0.3, -0.25) is 4.79 Å². The van der Waals surface area contributed by atoms with Crippen LogP contribution in [-0.2, 0) is 23.9 Å². The summed E-state index contributed by atoms with van der Waals surface area (Å²) in [4.78, 5) is 35.3. The lowest BCUT2D eigenvalue weighted by Gasteiger charge is -2.29. The largest absolute Gasteiger partial charge is 0.419 e. The molecule has 1 aromatic carbocycles. The normalized spacial score (nSPS) is 16.1. The lowest BCUT2D eigenvalue weighted by Crippen LogP contribution is -2.42. The van der Waals surface area contributed by atoms with Gasteiger partial charge in [0, 0.05) is 37.8 Å². The molecule has 1 aliphatic rings. The Hall–Kier alpha value is -2.83. The summed E-state index contributed by atoms with van der Waals surface area (Å²) < 4.78 is 10.0. The molecule has 128 valence electrons. The predicted molar refractivity (Wildman–Crippen MR) is 88.1 cm³/mol. The molecular weight excluding hydrogens is 312 g/mol. The summed E-state index contributed by atoms with van der Waals surface area (Å²) in [6.07, 6.45) is 1.61. The predicted octanol–water partition coefficient (Wildman–Crippen LogP) is 2.48. The molecule has 0 unspecified atom stereocenters. The molecule has 1 amide bonds. The Morgan fingerprint density at radius 3 is 2.33 bits per heavy atom. The van der Waals surface area contributed by atoms with Crippen molar-refractivity contribution in [1.29, 1.82) is 0 Å². The highest BCUT2D eigenvalue weighted by Crippen LogP contribution is 2.25. The number of ether oxygens (including phenoxy) is 2. The molecule has 0 spiro atoms. The van der Waals surface area contributed by atoms with Crippen molar-refractivity contribution in [3.63, 3.8) is 0 Å². The summed E-state index contributed by atoms with van der Waals surface area (Å²) >= 11 is 0. The van der Waals surface area contributed by atoms with Gasteiger partial charge < -0.3 is 20.1 Å². The minimum Gasteiger partial charge on any atom is -0.419 e. The van der Waals surface area contributed by atoms with Gasteiger partial charge in [-0.1, -0.05) is 13.0 Å². The molecule has 1 heterocycles. The minimum absolute atomic E-state index is 0.102. The number of anilines is 2. The second kappa shape index (κ2) is 6.74. The quantitative estimate of drug-likeness (QED) is 0.500. The topological polar surface area (TPSA) is 93.7 Å². The number of amides is 1. The molecular formula is C17H20N2O5. The van der Waals surface area contributed by atoms with Crippen molar-refractivity contribution in [3.05, 3.63) is 35.5 Å². The zero-order chi connectivity index (χ0) is 17.9. The molecule has 2 N–H and O–H groups in total. The number of nitrogens with one attached hydrogen (secondary N) is 2. The van der Waals surface area contributed by atoms with Crippen LogP contribution in [0.15, 0.2) is 30.0 Å². The first-order valence-electron chi connectivity index (χ1n) is 7.56. The summed E-state index contributed by atoms with van der Waals surface area (Å²) in [6.45, 7) is 6.54. The van der Waals surface area contributed by atoms with E-state index >= 15 is 0 Å². The molecule has 7 heteroatoms. The van der Waals surface area contributed by atoms with Crippen LogP contribution in [0.2, 0.25) is 0 Å². The number of esters is 2. The maximum absolute atomic E-state index is 11.9. The summed E-state index contributed by atoms with van der Waals surface area (Å²) in [7, 11) is 0. The first-order valence-corrected chi connectivity index (χ1v) is 7.56. The Morgan fingerprint density at radius 1 is 1.17 bits per heavy atom. The van der Waals surface area contributed by atoms with E-state index in [0.717, 1.165) is 5.56 Å². The Labute approximate surface area is 140 Å². The summed E-state index contributed by atoms with van der Waals surface area (Å²) in [5, 5.41) is 5.67. The fourth-order valence-electron chi connectivity index (χ4n) is 2.09. The van der Waals surface area contributed by atoms with E-state index in [1.165, 1.54) is 20.0 Å². The van der Waals surface area contributed by atoms with Gasteiger partial charge >= 0.3 is 11.9 Å². The highest BCUT2D eigenvalue weighted by atomic mass is 16.7. The number of cyclic esters (lactones) is 2. The molecule has 1 aliphatic heterocycles. The van der Waals surface area contributed by atoms with Crippen LogP contribution in [0.1, 0.15) is 32.8 Å². The van der Waals surface area contributed by atoms with Crippen molar-refractivity contribution >= 4 is 29.2 Å². The van der Waals surface area contributed by atoms with Gasteiger partial charge in [0.2, 0.25) is 5.91 Å². The lowest BCUT2D eigenvalue weighted by molar-refractivity contribution is -0.222. The zero-order valence-corrected chi connectivity index (χ0v) is 14.1. The van der Waals surface area contributed by atoms with Crippen LogP contribution in [-0.4, -0.2) is 23.6 Å². The van der Waals surface area contributed by atoms with Gasteiger partial charge in [-0.25, -0.2) is 9.59 Å². The second-order valence-corrected chi connectivity index (χ2v) is 5.76. The Bertz CT molecular complexity index is 700. The molecule has 0 bridgehead atoms. The number of carbonyl (C=O) groups is 3. The molecule has 1 fully saturated rings. The molecule has 7 nitrogen and oxygen atoms in total. The minimum atomic E-state index is -1.27. The average Bonchev–Trinajstić information content (AvgIpc) is 2.48. The average molecular weight is 332 g/mol. The third kappa shape index (κ3) is 3.92. The number of benzene rings is 1. The van der Waals surface area contributed by atoms with Crippen LogP contribution >= 0.6 is 0 Å². The SMILES string of the molecule is CCC(=O)Nc1cccc(NC=C2C(=O)OC(C)(C)OC2=O)c1C. The smallest absolute Gasteiger partial charge is 0.350 e. The fourth-order valence-corrected chi connectivity index (χ4v) is 2.09. The van der Waals surface area contributed by atoms with E-state index in [9.17, 15) is 14.4 Å². The van der Waals surface area contributed by atoms with Crippen LogP contribution in [0.25, 0.3) is 0 Å². The van der Waals surface area contributed by atoms with E-state index in [1.54, 1.807) is 25.1 Å². The number of hydrogen-bond donors (Lipinski definition) is 2. The van der Waals surface area contributed by atoms with Crippen molar-refractivity contribution in [3.8, 4) is 0 Å². The van der Waals surface area contributed by atoms with Crippen LogP contribution in [0, 0.1) is 6.92 Å². The standard InChI is InChI=1S/C17H20N2O5/c1-5-14(20)19-13-8-6-7-12(10(13)2)18-9-11-15(21)23-17(3,4)24-16(11)22/h6-9,18H,5H2,1-4H3,(H,19,20). The summed E-state index contributed by atoms with van der Waals surface area (Å²) in [6, 6.07) is 5.28. The number of rotatable bonds is 4. The number of hydrogen-bond acceptors (Lipinski definition) is 6. The summed E-state index contributed by atoms with van der Waals surface area (Å²) in [5.74, 6) is -2.88. The van der Waals surface area contributed by atoms with Gasteiger partial charge in [0.05, 0.1) is 0 Å². The van der Waals surface area contributed by atoms with Crippen LogP contribution in [0.5, 0.6) is 0 Å². The first-order chi connectivity index (χ1) is 11.2. The van der Waals surface area contributed by atoms with E-state index in [2.05, 4.69) is 10.6 Å². The Morgan fingerprint density at radius 2 is 1.75 bits per heavy atom. The van der Waals surface area contributed by atoms with Crippen LogP contribution in [0.4, 0.5) is 11.4 Å². The van der Waals surface area contributed by atoms with Gasteiger partial charge in [0.25, 0.3) is 5.79 Å². The van der Waals surface area contributed by atoms with Gasteiger partial charge in [-0.15, -0.1) is 0 Å². The second-order valence-electron chi connectivity index (χ2n) is 5.76. The van der Waals surface area contributed by atoms with Crippen molar-refractivity contribution in [2.45, 2.75) is 39.9 Å². The highest BCUT2D eigenvalue weighted by molar-refractivity contribution is 6.15. The lowest BCUT2D eigenvalue weighted by atomic mass is 10.1. The molecule has 24 heavy (non-hydrogen) atoms. The van der Waals surface area contributed by atoms with Gasteiger partial charge in [-0.05, 0) is 24.6 Å². The zero-order valence-electron chi connectivity index (χ0n) is 14.1. The van der Waals surface area contributed by atoms with E-state index < -0.39 is 17.7 Å². The molecule has 0 aromatic heterocycles. The highest BCUT2D eigenvalue weighted by Gasteiger charge is 2.38. The maximum Gasteiger partial charge on any atom is 0.350 e. The van der Waals surface area contributed by atoms with E-state index in [0.29, 0.717) is 17.8 Å². The van der Waals surface area contributed by atoms with Gasteiger partial charge in [-0.2, -0.15) is 0 Å². The number of carbonyl (C=O) groups excluding carboxylic acids is 3. The summed E-state index contributed by atoms with van der Waals surface area (Å²) in [5.41, 5.74) is 1.84. The molecule has 2 rings (SSSR count). The molecule has 1 saturated heterocycles. The van der Waals surface area contributed by atoms with Crippen molar-refractivity contribution in [2.75, 3.05) is 10.6 Å². The van der Waals surface area contributed by atoms with Crippen molar-refractivity contribution < 1.29 is 23.9 Å². The van der Waals surface area contributed by atoms with Crippen molar-refractivity contribution in [2.24, 2.45) is 0 Å². The maximum atomic E-state index is 11.9. The van der Waals surface area contributed by atoms with E-state index in [-0.39, 0.29) is 11.5 Å². The third-order valence-corrected chi connectivity index (χ3v) is 3.42. The fraction of sp³-hybridized carbons (Fsp3) is 0.353. The molecule has 1 aromatic rings. The molecule has 0 atom stereocenters. The Balaban J connectivity index is 2.20. The van der Waals surface area contributed by atoms with Crippen molar-refractivity contribution in [1.82, 2.24) is 0 Å². The van der Waals surface area contributed by atoms with E-state index in [1.807, 2.05) is 6.92 Å². The van der Waals surface area contributed by atoms with E-state index in [4.69, 9.17) is 9.47 Å². The molecule has 0 radical (unpaired) electrons. The van der Waals surface area contributed by atoms with Crippen LogP contribution < -0.4 is 10.6 Å². The molecule has 0 aliphatic carbocycles. The monoisotopic (exact) mass is 332 g/mol. The van der Waals surface area contributed by atoms with Gasteiger partial charge in [0.15, 0.2) is 5.57 Å².